The van der Waals surface area contributed by atoms with Crippen LogP contribution in [0.1, 0.15) is 6.42 Å². The van der Waals surface area contributed by atoms with Crippen LogP contribution in [-0.4, -0.2) is 12.1 Å². The SMILES string of the molecule is N#CCCSc1ccc(OC(F)(F)F)cc1. The molecule has 0 N–H and O–H groups in total. The third-order valence-electron chi connectivity index (χ3n) is 1.54. The normalized spacial score (nSPS) is 10.9. The minimum absolute atomic E-state index is 0.239. The van der Waals surface area contributed by atoms with Gasteiger partial charge in [-0.25, -0.2) is 0 Å². The van der Waals surface area contributed by atoms with Crippen molar-refractivity contribution in [2.45, 2.75) is 17.7 Å². The molecule has 0 aliphatic heterocycles. The topological polar surface area (TPSA) is 33.0 Å². The van der Waals surface area contributed by atoms with Crippen LogP contribution < -0.4 is 4.74 Å². The van der Waals surface area contributed by atoms with Gasteiger partial charge in [0.25, 0.3) is 0 Å². The molecule has 6 heteroatoms. The van der Waals surface area contributed by atoms with Crippen molar-refractivity contribution in [2.75, 3.05) is 5.75 Å². The van der Waals surface area contributed by atoms with Crippen molar-refractivity contribution in [1.29, 1.82) is 5.26 Å². The molecule has 1 aromatic rings. The number of nitriles is 1. The highest BCUT2D eigenvalue weighted by Crippen LogP contribution is 2.26. The molecule has 1 rings (SSSR count). The summed E-state index contributed by atoms with van der Waals surface area (Å²) in [6.45, 7) is 0. The lowest BCUT2D eigenvalue weighted by Crippen LogP contribution is -2.16. The Bertz CT molecular complexity index is 369. The van der Waals surface area contributed by atoms with Gasteiger partial charge in [0.15, 0.2) is 0 Å². The fourth-order valence-corrected chi connectivity index (χ4v) is 1.71. The third kappa shape index (κ3) is 4.94. The summed E-state index contributed by atoms with van der Waals surface area (Å²) in [6.07, 6.45) is -4.25. The van der Waals surface area contributed by atoms with E-state index < -0.39 is 6.36 Å². The lowest BCUT2D eigenvalue weighted by molar-refractivity contribution is -0.274. The van der Waals surface area contributed by atoms with Crippen LogP contribution >= 0.6 is 11.8 Å². The van der Waals surface area contributed by atoms with E-state index in [1.54, 1.807) is 0 Å². The monoisotopic (exact) mass is 247 g/mol. The van der Waals surface area contributed by atoms with Crippen molar-refractivity contribution in [3.05, 3.63) is 24.3 Å². The Morgan fingerprint density at radius 2 is 1.88 bits per heavy atom. The molecule has 0 saturated heterocycles. The molecule has 0 atom stereocenters. The number of hydrogen-bond acceptors (Lipinski definition) is 3. The highest BCUT2D eigenvalue weighted by Gasteiger charge is 2.30. The average Bonchev–Trinajstić information content (AvgIpc) is 2.19. The van der Waals surface area contributed by atoms with Crippen LogP contribution in [0.3, 0.4) is 0 Å². The molecule has 86 valence electrons. The maximum absolute atomic E-state index is 11.8. The van der Waals surface area contributed by atoms with Crippen LogP contribution in [0.4, 0.5) is 13.2 Å². The second-order valence-corrected chi connectivity index (χ2v) is 3.94. The van der Waals surface area contributed by atoms with Crippen LogP contribution in [-0.2, 0) is 0 Å². The number of thioether (sulfide) groups is 1. The minimum atomic E-state index is -4.66. The fourth-order valence-electron chi connectivity index (χ4n) is 0.952. The van der Waals surface area contributed by atoms with Gasteiger partial charge in [0, 0.05) is 17.1 Å². The van der Waals surface area contributed by atoms with E-state index >= 15 is 0 Å². The summed E-state index contributed by atoms with van der Waals surface area (Å²) >= 11 is 1.41. The van der Waals surface area contributed by atoms with Crippen LogP contribution in [0.2, 0.25) is 0 Å². The second-order valence-electron chi connectivity index (χ2n) is 2.78. The summed E-state index contributed by atoms with van der Waals surface area (Å²) in [5.41, 5.74) is 0. The summed E-state index contributed by atoms with van der Waals surface area (Å²) in [4.78, 5) is 0.810. The number of alkyl halides is 3. The lowest BCUT2D eigenvalue weighted by Gasteiger charge is -2.08. The number of nitrogens with zero attached hydrogens (tertiary/aromatic N) is 1. The molecule has 0 heterocycles. The Morgan fingerprint density at radius 3 is 2.38 bits per heavy atom. The Kier molecular flexibility index (Phi) is 4.50. The summed E-state index contributed by atoms with van der Waals surface area (Å²) in [5, 5.41) is 8.31. The summed E-state index contributed by atoms with van der Waals surface area (Å²) in [6, 6.07) is 7.55. The van der Waals surface area contributed by atoms with Crippen molar-refractivity contribution in [3.8, 4) is 11.8 Å². The van der Waals surface area contributed by atoms with Crippen molar-refractivity contribution >= 4 is 11.8 Å². The van der Waals surface area contributed by atoms with E-state index in [0.717, 1.165) is 4.90 Å². The molecule has 0 spiro atoms. The van der Waals surface area contributed by atoms with Gasteiger partial charge < -0.3 is 4.74 Å². The van der Waals surface area contributed by atoms with Gasteiger partial charge in [-0.2, -0.15) is 5.26 Å². The number of rotatable bonds is 4. The molecule has 1 aromatic carbocycles. The third-order valence-corrected chi connectivity index (χ3v) is 2.55. The van der Waals surface area contributed by atoms with Crippen molar-refractivity contribution in [3.63, 3.8) is 0 Å². The van der Waals surface area contributed by atoms with Crippen molar-refractivity contribution < 1.29 is 17.9 Å². The van der Waals surface area contributed by atoms with Crippen LogP contribution in [0.15, 0.2) is 29.2 Å². The van der Waals surface area contributed by atoms with Crippen molar-refractivity contribution in [1.82, 2.24) is 0 Å². The maximum atomic E-state index is 11.8. The van der Waals surface area contributed by atoms with Crippen LogP contribution in [0.25, 0.3) is 0 Å². The van der Waals surface area contributed by atoms with E-state index in [9.17, 15) is 13.2 Å². The number of hydrogen-bond donors (Lipinski definition) is 0. The molecule has 0 saturated carbocycles. The van der Waals surface area contributed by atoms with Gasteiger partial charge in [0.1, 0.15) is 5.75 Å². The molecule has 0 amide bonds. The zero-order valence-electron chi connectivity index (χ0n) is 8.12. The minimum Gasteiger partial charge on any atom is -0.406 e. The predicted octanol–water partition coefficient (Wildman–Crippen LogP) is 3.59. The standard InChI is InChI=1S/C10H8F3NOS/c11-10(12,13)15-8-2-4-9(5-3-8)16-7-1-6-14/h2-5H,1,7H2. The van der Waals surface area contributed by atoms with E-state index in [-0.39, 0.29) is 5.75 Å². The van der Waals surface area contributed by atoms with E-state index in [1.807, 2.05) is 6.07 Å². The zero-order chi connectivity index (χ0) is 12.0. The second kappa shape index (κ2) is 5.66. The molecule has 0 radical (unpaired) electrons. The largest absolute Gasteiger partial charge is 0.573 e. The average molecular weight is 247 g/mol. The molecular formula is C10H8F3NOS. The first-order valence-electron chi connectivity index (χ1n) is 4.37. The van der Waals surface area contributed by atoms with Crippen LogP contribution in [0.5, 0.6) is 5.75 Å². The number of ether oxygens (including phenoxy) is 1. The molecule has 0 bridgehead atoms. The molecule has 0 fully saturated rings. The first-order chi connectivity index (χ1) is 7.51. The molecule has 0 unspecified atom stereocenters. The smallest absolute Gasteiger partial charge is 0.406 e. The first-order valence-corrected chi connectivity index (χ1v) is 5.35. The molecule has 2 nitrogen and oxygen atoms in total. The first kappa shape index (κ1) is 12.7. The molecule has 0 aromatic heterocycles. The van der Waals surface area contributed by atoms with Gasteiger partial charge >= 0.3 is 6.36 Å². The van der Waals surface area contributed by atoms with Gasteiger partial charge in [-0.05, 0) is 24.3 Å². The van der Waals surface area contributed by atoms with E-state index in [2.05, 4.69) is 4.74 Å². The van der Waals surface area contributed by atoms with E-state index in [1.165, 1.54) is 36.0 Å². The van der Waals surface area contributed by atoms with Crippen LogP contribution in [0, 0.1) is 11.3 Å². The van der Waals surface area contributed by atoms with Crippen molar-refractivity contribution in [2.24, 2.45) is 0 Å². The van der Waals surface area contributed by atoms with Gasteiger partial charge in [0.2, 0.25) is 0 Å². The highest BCUT2D eigenvalue weighted by molar-refractivity contribution is 7.99. The van der Waals surface area contributed by atoms with Gasteiger partial charge in [-0.1, -0.05) is 0 Å². The van der Waals surface area contributed by atoms with Gasteiger partial charge in [0.05, 0.1) is 6.07 Å². The van der Waals surface area contributed by atoms with Gasteiger partial charge in [-0.3, -0.25) is 0 Å². The molecule has 0 aliphatic rings. The summed E-state index contributed by atoms with van der Waals surface area (Å²) in [7, 11) is 0. The highest BCUT2D eigenvalue weighted by atomic mass is 32.2. The Hall–Kier alpha value is -1.35. The molecule has 16 heavy (non-hydrogen) atoms. The van der Waals surface area contributed by atoms with E-state index in [0.29, 0.717) is 12.2 Å². The Labute approximate surface area is 95.0 Å². The lowest BCUT2D eigenvalue weighted by atomic mass is 10.3. The molecule has 0 aliphatic carbocycles. The number of halogens is 3. The summed E-state index contributed by atoms with van der Waals surface area (Å²) in [5.74, 6) is 0.382. The Balaban J connectivity index is 2.52. The Morgan fingerprint density at radius 1 is 1.25 bits per heavy atom. The number of benzene rings is 1. The quantitative estimate of drug-likeness (QED) is 0.602. The van der Waals surface area contributed by atoms with E-state index in [4.69, 9.17) is 5.26 Å². The zero-order valence-corrected chi connectivity index (χ0v) is 8.94. The fraction of sp³-hybridized carbons (Fsp3) is 0.300. The maximum Gasteiger partial charge on any atom is 0.573 e. The molecular weight excluding hydrogens is 239 g/mol. The predicted molar refractivity (Wildman–Crippen MR) is 54.1 cm³/mol. The van der Waals surface area contributed by atoms with Gasteiger partial charge in [-0.15, -0.1) is 24.9 Å². The summed E-state index contributed by atoms with van der Waals surface area (Å²) < 4.78 is 39.2.